The first-order chi connectivity index (χ1) is 13.9. The molecule has 7 nitrogen and oxygen atoms in total. The van der Waals surface area contributed by atoms with Gasteiger partial charge in [-0.15, -0.1) is 11.8 Å². The molecule has 29 heavy (non-hydrogen) atoms. The number of sulfonamides is 1. The van der Waals surface area contributed by atoms with Gasteiger partial charge in [0, 0.05) is 21.7 Å². The SMILES string of the molecule is CCSc1ccc(S(=O)(=O)NC)cc1Nc1cc(Nc2ccc(Cl)cc2)ncn1. The molecule has 0 saturated heterocycles. The summed E-state index contributed by atoms with van der Waals surface area (Å²) in [4.78, 5) is 9.57. The number of aromatic nitrogens is 2. The van der Waals surface area contributed by atoms with Crippen LogP contribution in [0.1, 0.15) is 6.92 Å². The average Bonchev–Trinajstić information content (AvgIpc) is 2.71. The van der Waals surface area contributed by atoms with Gasteiger partial charge < -0.3 is 10.6 Å². The monoisotopic (exact) mass is 449 g/mol. The molecule has 10 heteroatoms. The Morgan fingerprint density at radius 3 is 2.34 bits per heavy atom. The normalized spacial score (nSPS) is 11.3. The zero-order chi connectivity index (χ0) is 20.9. The van der Waals surface area contributed by atoms with Crippen LogP contribution < -0.4 is 15.4 Å². The number of nitrogens with zero attached hydrogens (tertiary/aromatic N) is 2. The highest BCUT2D eigenvalue weighted by atomic mass is 35.5. The van der Waals surface area contributed by atoms with Crippen LogP contribution >= 0.6 is 23.4 Å². The fraction of sp³-hybridized carbons (Fsp3) is 0.158. The van der Waals surface area contributed by atoms with E-state index in [0.717, 1.165) is 16.3 Å². The Bertz CT molecular complexity index is 1090. The van der Waals surface area contributed by atoms with Crippen LogP contribution in [0.4, 0.5) is 23.0 Å². The third kappa shape index (κ3) is 5.60. The molecule has 3 rings (SSSR count). The summed E-state index contributed by atoms with van der Waals surface area (Å²) in [5.41, 5.74) is 1.49. The molecule has 0 radical (unpaired) electrons. The number of rotatable bonds is 8. The Morgan fingerprint density at radius 1 is 1.00 bits per heavy atom. The van der Waals surface area contributed by atoms with Gasteiger partial charge in [0.05, 0.1) is 10.6 Å². The summed E-state index contributed by atoms with van der Waals surface area (Å²) in [6, 6.07) is 14.0. The first-order valence-corrected chi connectivity index (χ1v) is 11.6. The summed E-state index contributed by atoms with van der Waals surface area (Å²) in [6.45, 7) is 2.03. The molecular formula is C19H20ClN5O2S2. The molecule has 1 heterocycles. The smallest absolute Gasteiger partial charge is 0.240 e. The Labute approximate surface area is 179 Å². The Balaban J connectivity index is 1.88. The lowest BCUT2D eigenvalue weighted by atomic mass is 10.3. The van der Waals surface area contributed by atoms with Gasteiger partial charge in [0.1, 0.15) is 18.0 Å². The van der Waals surface area contributed by atoms with Gasteiger partial charge in [0.2, 0.25) is 10.0 Å². The second kappa shape index (κ2) is 9.45. The molecule has 0 fully saturated rings. The highest BCUT2D eigenvalue weighted by Crippen LogP contribution is 2.32. The summed E-state index contributed by atoms with van der Waals surface area (Å²) >= 11 is 7.52. The molecule has 0 saturated carbocycles. The lowest BCUT2D eigenvalue weighted by Crippen LogP contribution is -2.18. The standard InChI is InChI=1S/C19H20ClN5O2S2/c1-3-28-17-9-8-15(29(26,27)21-2)10-16(17)25-19-11-18(22-12-23-19)24-14-6-4-13(20)5-7-14/h4-12,21H,3H2,1-2H3,(H2,22,23,24,25). The molecule has 0 unspecified atom stereocenters. The molecule has 2 aromatic carbocycles. The summed E-state index contributed by atoms with van der Waals surface area (Å²) in [5, 5.41) is 7.04. The molecule has 3 aromatic rings. The predicted octanol–water partition coefficient (Wildman–Crippen LogP) is 4.64. The quantitative estimate of drug-likeness (QED) is 0.431. The second-order valence-electron chi connectivity index (χ2n) is 5.84. The van der Waals surface area contributed by atoms with Gasteiger partial charge in [-0.1, -0.05) is 18.5 Å². The largest absolute Gasteiger partial charge is 0.340 e. The summed E-state index contributed by atoms with van der Waals surface area (Å²) in [6.07, 6.45) is 1.43. The number of thioether (sulfide) groups is 1. The van der Waals surface area contributed by atoms with E-state index in [1.54, 1.807) is 48.2 Å². The third-order valence-corrected chi connectivity index (χ3v) is 6.50. The van der Waals surface area contributed by atoms with E-state index in [1.807, 2.05) is 19.1 Å². The van der Waals surface area contributed by atoms with Crippen molar-refractivity contribution in [2.24, 2.45) is 0 Å². The molecular weight excluding hydrogens is 430 g/mol. The van der Waals surface area contributed by atoms with Gasteiger partial charge in [-0.2, -0.15) is 0 Å². The van der Waals surface area contributed by atoms with Crippen LogP contribution in [0.25, 0.3) is 0 Å². The molecule has 0 aliphatic heterocycles. The zero-order valence-corrected chi connectivity index (χ0v) is 18.2. The minimum absolute atomic E-state index is 0.177. The van der Waals surface area contributed by atoms with Crippen molar-refractivity contribution in [2.75, 3.05) is 23.4 Å². The zero-order valence-electron chi connectivity index (χ0n) is 15.8. The van der Waals surface area contributed by atoms with Crippen molar-refractivity contribution < 1.29 is 8.42 Å². The second-order valence-corrected chi connectivity index (χ2v) is 9.47. The summed E-state index contributed by atoms with van der Waals surface area (Å²) in [7, 11) is -2.17. The maximum Gasteiger partial charge on any atom is 0.240 e. The molecule has 0 amide bonds. The molecule has 0 bridgehead atoms. The van der Waals surface area contributed by atoms with E-state index < -0.39 is 10.0 Å². The van der Waals surface area contributed by atoms with Crippen LogP contribution in [-0.4, -0.2) is 31.2 Å². The van der Waals surface area contributed by atoms with E-state index in [9.17, 15) is 8.42 Å². The van der Waals surface area contributed by atoms with Crippen molar-refractivity contribution in [1.29, 1.82) is 0 Å². The van der Waals surface area contributed by atoms with E-state index in [1.165, 1.54) is 13.4 Å². The van der Waals surface area contributed by atoms with Crippen molar-refractivity contribution >= 4 is 56.4 Å². The number of benzene rings is 2. The van der Waals surface area contributed by atoms with Crippen LogP contribution in [0.3, 0.4) is 0 Å². The maximum atomic E-state index is 12.2. The van der Waals surface area contributed by atoms with Crippen LogP contribution in [-0.2, 0) is 10.0 Å². The van der Waals surface area contributed by atoms with Crippen molar-refractivity contribution in [3.63, 3.8) is 0 Å². The van der Waals surface area contributed by atoms with E-state index in [4.69, 9.17) is 11.6 Å². The molecule has 0 spiro atoms. The Kier molecular flexibility index (Phi) is 6.96. The van der Waals surface area contributed by atoms with Gasteiger partial charge in [-0.05, 0) is 55.3 Å². The molecule has 1 aromatic heterocycles. The number of hydrogen-bond donors (Lipinski definition) is 3. The minimum atomic E-state index is -3.55. The van der Waals surface area contributed by atoms with Gasteiger partial charge >= 0.3 is 0 Å². The van der Waals surface area contributed by atoms with Crippen LogP contribution in [0, 0.1) is 0 Å². The topological polar surface area (TPSA) is 96.0 Å². The molecule has 0 aliphatic rings. The Morgan fingerprint density at radius 2 is 1.69 bits per heavy atom. The van der Waals surface area contributed by atoms with Crippen LogP contribution in [0.2, 0.25) is 5.02 Å². The van der Waals surface area contributed by atoms with E-state index in [-0.39, 0.29) is 4.90 Å². The number of anilines is 4. The van der Waals surface area contributed by atoms with Gasteiger partial charge in [-0.3, -0.25) is 0 Å². The van der Waals surface area contributed by atoms with Gasteiger partial charge in [-0.25, -0.2) is 23.1 Å². The molecule has 3 N–H and O–H groups in total. The molecule has 152 valence electrons. The maximum absolute atomic E-state index is 12.2. The summed E-state index contributed by atoms with van der Waals surface area (Å²) in [5.74, 6) is 1.97. The number of nitrogens with one attached hydrogen (secondary N) is 3. The number of halogens is 1. The molecule has 0 aliphatic carbocycles. The Hall–Kier alpha value is -2.33. The van der Waals surface area contributed by atoms with Crippen molar-refractivity contribution in [3.8, 4) is 0 Å². The van der Waals surface area contributed by atoms with E-state index in [2.05, 4.69) is 25.3 Å². The van der Waals surface area contributed by atoms with E-state index >= 15 is 0 Å². The third-order valence-electron chi connectivity index (χ3n) is 3.88. The van der Waals surface area contributed by atoms with Crippen molar-refractivity contribution in [3.05, 3.63) is 59.9 Å². The average molecular weight is 450 g/mol. The fourth-order valence-electron chi connectivity index (χ4n) is 2.49. The summed E-state index contributed by atoms with van der Waals surface area (Å²) < 4.78 is 26.7. The van der Waals surface area contributed by atoms with Crippen molar-refractivity contribution in [1.82, 2.24) is 14.7 Å². The van der Waals surface area contributed by atoms with Gasteiger partial charge in [0.15, 0.2) is 0 Å². The van der Waals surface area contributed by atoms with Crippen LogP contribution in [0.5, 0.6) is 0 Å². The fourth-order valence-corrected chi connectivity index (χ4v) is 4.11. The van der Waals surface area contributed by atoms with Crippen molar-refractivity contribution in [2.45, 2.75) is 16.7 Å². The predicted molar refractivity (Wildman–Crippen MR) is 119 cm³/mol. The molecule has 0 atom stereocenters. The first kappa shape index (κ1) is 21.4. The highest BCUT2D eigenvalue weighted by molar-refractivity contribution is 7.99. The number of hydrogen-bond acceptors (Lipinski definition) is 7. The highest BCUT2D eigenvalue weighted by Gasteiger charge is 2.15. The van der Waals surface area contributed by atoms with E-state index in [0.29, 0.717) is 22.3 Å². The van der Waals surface area contributed by atoms with Gasteiger partial charge in [0.25, 0.3) is 0 Å². The lowest BCUT2D eigenvalue weighted by Gasteiger charge is -2.13. The first-order valence-electron chi connectivity index (χ1n) is 8.73. The minimum Gasteiger partial charge on any atom is -0.340 e. The van der Waals surface area contributed by atoms with Crippen LogP contribution in [0.15, 0.2) is 64.6 Å². The lowest BCUT2D eigenvalue weighted by molar-refractivity contribution is 0.588.